The number of hydrogen-bond acceptors (Lipinski definition) is 4. The van der Waals surface area contributed by atoms with Crippen LogP contribution in [0.5, 0.6) is 5.75 Å². The third kappa shape index (κ3) is 4.78. The Hall–Kier alpha value is -1.76. The summed E-state index contributed by atoms with van der Waals surface area (Å²) in [4.78, 5) is 4.11. The van der Waals surface area contributed by atoms with Crippen LogP contribution in [0, 0.1) is 0 Å². The Balaban J connectivity index is 1.84. The number of thiazole rings is 1. The second-order valence-corrected chi connectivity index (χ2v) is 4.69. The van der Waals surface area contributed by atoms with Crippen molar-refractivity contribution >= 4 is 17.0 Å². The predicted molar refractivity (Wildman–Crippen MR) is 67.4 cm³/mol. The maximum Gasteiger partial charge on any atom is 0.422 e. The molecule has 1 heterocycles. The minimum atomic E-state index is -4.32. The van der Waals surface area contributed by atoms with Gasteiger partial charge in [0.2, 0.25) is 0 Å². The average Bonchev–Trinajstić information content (AvgIpc) is 2.87. The van der Waals surface area contributed by atoms with Gasteiger partial charge < -0.3 is 10.1 Å². The first kappa shape index (κ1) is 13.7. The molecular formula is C12H11F3N2OS. The molecular weight excluding hydrogens is 277 g/mol. The molecule has 19 heavy (non-hydrogen) atoms. The lowest BCUT2D eigenvalue weighted by atomic mass is 10.3. The third-order valence-electron chi connectivity index (χ3n) is 2.18. The molecule has 2 rings (SSSR count). The minimum Gasteiger partial charge on any atom is -0.484 e. The molecule has 1 aromatic carbocycles. The largest absolute Gasteiger partial charge is 0.484 e. The number of rotatable bonds is 5. The second-order valence-electron chi connectivity index (χ2n) is 3.71. The molecule has 0 aliphatic heterocycles. The van der Waals surface area contributed by atoms with E-state index in [0.717, 1.165) is 10.7 Å². The normalized spacial score (nSPS) is 11.3. The van der Waals surface area contributed by atoms with Crippen LogP contribution in [0.1, 0.15) is 5.01 Å². The monoisotopic (exact) mass is 288 g/mol. The van der Waals surface area contributed by atoms with E-state index in [9.17, 15) is 13.2 Å². The van der Waals surface area contributed by atoms with Gasteiger partial charge >= 0.3 is 6.18 Å². The summed E-state index contributed by atoms with van der Waals surface area (Å²) >= 11 is 1.53. The van der Waals surface area contributed by atoms with Gasteiger partial charge in [-0.25, -0.2) is 4.98 Å². The van der Waals surface area contributed by atoms with Crippen molar-refractivity contribution < 1.29 is 17.9 Å². The molecule has 0 unspecified atom stereocenters. The van der Waals surface area contributed by atoms with E-state index >= 15 is 0 Å². The number of nitrogens with zero attached hydrogens (tertiary/aromatic N) is 1. The quantitative estimate of drug-likeness (QED) is 0.911. The number of halogens is 3. The van der Waals surface area contributed by atoms with Crippen LogP contribution in [-0.2, 0) is 6.54 Å². The molecule has 7 heteroatoms. The van der Waals surface area contributed by atoms with Crippen molar-refractivity contribution in [1.82, 2.24) is 4.98 Å². The summed E-state index contributed by atoms with van der Waals surface area (Å²) in [6, 6.07) is 6.32. The van der Waals surface area contributed by atoms with Crippen LogP contribution >= 0.6 is 11.3 Å². The van der Waals surface area contributed by atoms with Crippen LogP contribution in [0.4, 0.5) is 18.9 Å². The maximum atomic E-state index is 12.0. The van der Waals surface area contributed by atoms with Crippen LogP contribution in [0.2, 0.25) is 0 Å². The zero-order valence-corrected chi connectivity index (χ0v) is 10.6. The summed E-state index contributed by atoms with van der Waals surface area (Å²) in [7, 11) is 0. The highest BCUT2D eigenvalue weighted by Crippen LogP contribution is 2.20. The van der Waals surface area contributed by atoms with Gasteiger partial charge in [0.05, 0.1) is 6.54 Å². The Bertz CT molecular complexity index is 497. The summed E-state index contributed by atoms with van der Waals surface area (Å²) in [5.41, 5.74) is 0.801. The first-order valence-corrected chi connectivity index (χ1v) is 6.33. The standard InChI is InChI=1S/C12H11F3N2OS/c13-12(14,15)8-18-10-3-1-9(2-4-10)17-7-11-16-5-6-19-11/h1-6,17H,7-8H2. The highest BCUT2D eigenvalue weighted by Gasteiger charge is 2.28. The molecule has 0 radical (unpaired) electrons. The number of anilines is 1. The molecule has 0 amide bonds. The van der Waals surface area contributed by atoms with Gasteiger partial charge in [0.15, 0.2) is 6.61 Å². The van der Waals surface area contributed by atoms with Gasteiger partial charge in [0, 0.05) is 17.3 Å². The topological polar surface area (TPSA) is 34.1 Å². The predicted octanol–water partition coefficient (Wildman–Crippen LogP) is 3.70. The van der Waals surface area contributed by atoms with Crippen molar-refractivity contribution in [1.29, 1.82) is 0 Å². The van der Waals surface area contributed by atoms with E-state index in [-0.39, 0.29) is 5.75 Å². The summed E-state index contributed by atoms with van der Waals surface area (Å²) in [6.07, 6.45) is -2.60. The number of benzene rings is 1. The molecule has 0 atom stereocenters. The molecule has 2 aromatic rings. The van der Waals surface area contributed by atoms with Gasteiger partial charge in [-0.2, -0.15) is 13.2 Å². The fourth-order valence-electron chi connectivity index (χ4n) is 1.35. The van der Waals surface area contributed by atoms with Crippen molar-refractivity contribution in [2.75, 3.05) is 11.9 Å². The Kier molecular flexibility index (Phi) is 4.26. The molecule has 0 aliphatic carbocycles. The van der Waals surface area contributed by atoms with Crippen LogP contribution < -0.4 is 10.1 Å². The van der Waals surface area contributed by atoms with E-state index < -0.39 is 12.8 Å². The second kappa shape index (κ2) is 5.92. The van der Waals surface area contributed by atoms with Crippen LogP contribution in [0.3, 0.4) is 0 Å². The van der Waals surface area contributed by atoms with Crippen molar-refractivity contribution in [2.45, 2.75) is 12.7 Å². The van der Waals surface area contributed by atoms with Crippen molar-refractivity contribution in [3.05, 3.63) is 40.8 Å². The number of nitrogens with one attached hydrogen (secondary N) is 1. The van der Waals surface area contributed by atoms with E-state index in [4.69, 9.17) is 0 Å². The highest BCUT2D eigenvalue weighted by molar-refractivity contribution is 7.09. The van der Waals surface area contributed by atoms with E-state index in [1.165, 1.54) is 23.5 Å². The molecule has 0 saturated heterocycles. The van der Waals surface area contributed by atoms with Gasteiger partial charge in [-0.05, 0) is 24.3 Å². The lowest BCUT2D eigenvalue weighted by Crippen LogP contribution is -2.19. The zero-order chi connectivity index (χ0) is 13.7. The van der Waals surface area contributed by atoms with Crippen LogP contribution in [0.25, 0.3) is 0 Å². The van der Waals surface area contributed by atoms with Crippen LogP contribution in [-0.4, -0.2) is 17.8 Å². The molecule has 3 nitrogen and oxygen atoms in total. The molecule has 102 valence electrons. The highest BCUT2D eigenvalue weighted by atomic mass is 32.1. The number of hydrogen-bond donors (Lipinski definition) is 1. The fourth-order valence-corrected chi connectivity index (χ4v) is 1.91. The molecule has 0 saturated carbocycles. The number of ether oxygens (including phenoxy) is 1. The number of aromatic nitrogens is 1. The van der Waals surface area contributed by atoms with E-state index in [1.54, 1.807) is 18.3 Å². The lowest BCUT2D eigenvalue weighted by molar-refractivity contribution is -0.153. The zero-order valence-electron chi connectivity index (χ0n) is 9.78. The van der Waals surface area contributed by atoms with Crippen molar-refractivity contribution in [2.24, 2.45) is 0 Å². The Labute approximate surface area is 112 Å². The summed E-state index contributed by atoms with van der Waals surface area (Å²) in [6.45, 7) is -0.695. The van der Waals surface area contributed by atoms with Gasteiger partial charge in [-0.1, -0.05) is 0 Å². The average molecular weight is 288 g/mol. The van der Waals surface area contributed by atoms with Gasteiger partial charge in [0.25, 0.3) is 0 Å². The van der Waals surface area contributed by atoms with Gasteiger partial charge in [-0.15, -0.1) is 11.3 Å². The first-order chi connectivity index (χ1) is 9.03. The summed E-state index contributed by atoms with van der Waals surface area (Å²) < 4.78 is 40.5. The van der Waals surface area contributed by atoms with E-state index in [2.05, 4.69) is 15.0 Å². The molecule has 1 N–H and O–H groups in total. The Morgan fingerprint density at radius 2 is 1.95 bits per heavy atom. The lowest BCUT2D eigenvalue weighted by Gasteiger charge is -2.10. The third-order valence-corrected chi connectivity index (χ3v) is 2.96. The minimum absolute atomic E-state index is 0.192. The molecule has 0 spiro atoms. The van der Waals surface area contributed by atoms with Gasteiger partial charge in [-0.3, -0.25) is 0 Å². The number of alkyl halides is 3. The summed E-state index contributed by atoms with van der Waals surface area (Å²) in [5, 5.41) is 5.94. The molecule has 0 aliphatic rings. The fraction of sp³-hybridized carbons (Fsp3) is 0.250. The molecule has 0 fully saturated rings. The van der Waals surface area contributed by atoms with Crippen molar-refractivity contribution in [3.8, 4) is 5.75 Å². The maximum absolute atomic E-state index is 12.0. The Morgan fingerprint density at radius 1 is 1.21 bits per heavy atom. The smallest absolute Gasteiger partial charge is 0.422 e. The summed E-state index contributed by atoms with van der Waals surface area (Å²) in [5.74, 6) is 0.192. The van der Waals surface area contributed by atoms with Crippen LogP contribution in [0.15, 0.2) is 35.8 Å². The van der Waals surface area contributed by atoms with E-state index in [0.29, 0.717) is 6.54 Å². The molecule has 0 bridgehead atoms. The SMILES string of the molecule is FC(F)(F)COc1ccc(NCc2nccs2)cc1. The van der Waals surface area contributed by atoms with Gasteiger partial charge in [0.1, 0.15) is 10.8 Å². The first-order valence-electron chi connectivity index (χ1n) is 5.45. The van der Waals surface area contributed by atoms with E-state index in [1.807, 2.05) is 5.38 Å². The molecule has 1 aromatic heterocycles. The Morgan fingerprint density at radius 3 is 2.53 bits per heavy atom. The van der Waals surface area contributed by atoms with Crippen molar-refractivity contribution in [3.63, 3.8) is 0 Å².